The van der Waals surface area contributed by atoms with E-state index < -0.39 is 11.2 Å². The molecular formula is C15H12BrClF2N4O2S. The van der Waals surface area contributed by atoms with Crippen molar-refractivity contribution >= 4 is 51.1 Å². The van der Waals surface area contributed by atoms with Crippen LogP contribution in [-0.4, -0.2) is 32.3 Å². The molecule has 138 valence electrons. The van der Waals surface area contributed by atoms with Gasteiger partial charge < -0.3 is 9.84 Å². The van der Waals surface area contributed by atoms with Crippen molar-refractivity contribution in [2.45, 2.75) is 24.4 Å². The molecule has 0 bridgehead atoms. The fourth-order valence-electron chi connectivity index (χ4n) is 2.18. The van der Waals surface area contributed by atoms with Crippen molar-refractivity contribution < 1.29 is 18.6 Å². The number of rotatable bonds is 4. The average molecular weight is 466 g/mol. The van der Waals surface area contributed by atoms with E-state index in [2.05, 4.69) is 31.2 Å². The van der Waals surface area contributed by atoms with Crippen molar-refractivity contribution in [3.8, 4) is 11.5 Å². The van der Waals surface area contributed by atoms with Gasteiger partial charge in [-0.1, -0.05) is 15.9 Å². The second-order valence-electron chi connectivity index (χ2n) is 5.19. The SMILES string of the molecule is CCOc1cc(/C=C2\Sc3nnc(C(F)(F)Cl)n3N=C2C)c(Br)cc1O. The van der Waals surface area contributed by atoms with E-state index in [1.165, 1.54) is 6.07 Å². The number of halogens is 4. The zero-order valence-corrected chi connectivity index (χ0v) is 16.7. The molecule has 0 unspecified atom stereocenters. The Labute approximate surface area is 165 Å². The zero-order chi connectivity index (χ0) is 19.1. The monoisotopic (exact) mass is 464 g/mol. The van der Waals surface area contributed by atoms with Gasteiger partial charge in [-0.2, -0.15) is 18.6 Å². The van der Waals surface area contributed by atoms with Gasteiger partial charge in [0.25, 0.3) is 0 Å². The lowest BCUT2D eigenvalue weighted by Crippen LogP contribution is -2.15. The van der Waals surface area contributed by atoms with Gasteiger partial charge in [-0.15, -0.1) is 10.2 Å². The summed E-state index contributed by atoms with van der Waals surface area (Å²) in [5.41, 5.74) is 1.21. The lowest BCUT2D eigenvalue weighted by atomic mass is 10.1. The Morgan fingerprint density at radius 2 is 2.15 bits per heavy atom. The summed E-state index contributed by atoms with van der Waals surface area (Å²) >= 11 is 9.55. The molecule has 1 aromatic carbocycles. The first-order valence-electron chi connectivity index (χ1n) is 7.34. The molecule has 0 aliphatic carbocycles. The number of allylic oxidation sites excluding steroid dienone is 1. The molecule has 1 aliphatic rings. The summed E-state index contributed by atoms with van der Waals surface area (Å²) < 4.78 is 33.7. The fourth-order valence-corrected chi connectivity index (χ4v) is 3.61. The topological polar surface area (TPSA) is 72.5 Å². The molecule has 0 saturated heterocycles. The third kappa shape index (κ3) is 3.72. The van der Waals surface area contributed by atoms with Gasteiger partial charge >= 0.3 is 5.38 Å². The van der Waals surface area contributed by atoms with E-state index in [1.54, 1.807) is 19.1 Å². The van der Waals surface area contributed by atoms with Gasteiger partial charge in [0.15, 0.2) is 11.5 Å². The number of phenols is 1. The summed E-state index contributed by atoms with van der Waals surface area (Å²) in [6.07, 6.45) is 1.78. The molecule has 2 aromatic rings. The predicted molar refractivity (Wildman–Crippen MR) is 99.1 cm³/mol. The number of hydrogen-bond acceptors (Lipinski definition) is 6. The summed E-state index contributed by atoms with van der Waals surface area (Å²) in [5.74, 6) is -0.383. The number of ether oxygens (including phenoxy) is 1. The minimum absolute atomic E-state index is 0.0105. The largest absolute Gasteiger partial charge is 0.504 e. The maximum Gasteiger partial charge on any atom is 0.383 e. The second-order valence-corrected chi connectivity index (χ2v) is 7.52. The minimum atomic E-state index is -3.66. The van der Waals surface area contributed by atoms with Crippen LogP contribution in [0.3, 0.4) is 0 Å². The Morgan fingerprint density at radius 3 is 2.81 bits per heavy atom. The number of aromatic nitrogens is 3. The molecule has 0 spiro atoms. The van der Waals surface area contributed by atoms with Crippen LogP contribution in [0.25, 0.3) is 6.08 Å². The number of phenolic OH excluding ortho intramolecular Hbond substituents is 1. The van der Waals surface area contributed by atoms with Crippen LogP contribution in [0.4, 0.5) is 8.78 Å². The maximum atomic E-state index is 13.4. The van der Waals surface area contributed by atoms with Gasteiger partial charge in [0.2, 0.25) is 11.0 Å². The van der Waals surface area contributed by atoms with Crippen molar-refractivity contribution in [2.24, 2.45) is 5.10 Å². The number of alkyl halides is 3. The Kier molecular flexibility index (Phi) is 5.27. The number of aromatic hydroxyl groups is 1. The number of hydrogen-bond donors (Lipinski definition) is 1. The van der Waals surface area contributed by atoms with E-state index in [4.69, 9.17) is 16.3 Å². The highest BCUT2D eigenvalue weighted by atomic mass is 79.9. The first kappa shape index (κ1) is 19.1. The van der Waals surface area contributed by atoms with Crippen LogP contribution in [0.1, 0.15) is 25.2 Å². The van der Waals surface area contributed by atoms with Crippen LogP contribution in [0.2, 0.25) is 0 Å². The normalized spacial score (nSPS) is 15.8. The lowest BCUT2D eigenvalue weighted by molar-refractivity contribution is 0.0799. The molecule has 0 fully saturated rings. The molecule has 0 atom stereocenters. The zero-order valence-electron chi connectivity index (χ0n) is 13.5. The smallest absolute Gasteiger partial charge is 0.383 e. The molecule has 3 rings (SSSR count). The molecule has 6 nitrogen and oxygen atoms in total. The van der Waals surface area contributed by atoms with Gasteiger partial charge in [-0.25, -0.2) is 0 Å². The summed E-state index contributed by atoms with van der Waals surface area (Å²) in [4.78, 5) is 0.683. The summed E-state index contributed by atoms with van der Waals surface area (Å²) in [5, 5.41) is 17.7. The van der Waals surface area contributed by atoms with Crippen LogP contribution in [0, 0.1) is 0 Å². The average Bonchev–Trinajstić information content (AvgIpc) is 2.95. The van der Waals surface area contributed by atoms with E-state index in [-0.39, 0.29) is 10.9 Å². The molecule has 26 heavy (non-hydrogen) atoms. The van der Waals surface area contributed by atoms with Gasteiger partial charge in [0, 0.05) is 9.38 Å². The van der Waals surface area contributed by atoms with Crippen molar-refractivity contribution in [3.05, 3.63) is 32.9 Å². The van der Waals surface area contributed by atoms with Crippen molar-refractivity contribution in [3.63, 3.8) is 0 Å². The molecule has 0 saturated carbocycles. The standard InChI is InChI=1S/C15H12BrClF2N4O2S/c1-3-25-11-4-8(9(16)6-10(11)24)5-12-7(2)22-23-13(15(17,18)19)20-21-14(23)26-12/h4-6,24H,3H2,1-2H3/b12-5-. The molecule has 1 N–H and O–H groups in total. The quantitative estimate of drug-likeness (QED) is 0.657. The summed E-state index contributed by atoms with van der Waals surface area (Å²) in [7, 11) is 0. The van der Waals surface area contributed by atoms with Gasteiger partial charge in [0.05, 0.1) is 12.3 Å². The summed E-state index contributed by atoms with van der Waals surface area (Å²) in [6, 6.07) is 3.19. The van der Waals surface area contributed by atoms with Crippen molar-refractivity contribution in [1.29, 1.82) is 0 Å². The predicted octanol–water partition coefficient (Wildman–Crippen LogP) is 4.80. The highest BCUT2D eigenvalue weighted by molar-refractivity contribution is 9.10. The van der Waals surface area contributed by atoms with Crippen LogP contribution in [0.15, 0.2) is 31.8 Å². The number of thioether (sulfide) groups is 1. The van der Waals surface area contributed by atoms with Gasteiger partial charge in [0.1, 0.15) is 0 Å². The minimum Gasteiger partial charge on any atom is -0.504 e. The third-order valence-electron chi connectivity index (χ3n) is 3.34. The second kappa shape index (κ2) is 7.16. The van der Waals surface area contributed by atoms with Crippen LogP contribution in [-0.2, 0) is 5.38 Å². The fraction of sp³-hybridized carbons (Fsp3) is 0.267. The molecule has 11 heteroatoms. The van der Waals surface area contributed by atoms with Crippen LogP contribution < -0.4 is 4.74 Å². The van der Waals surface area contributed by atoms with E-state index in [1.807, 2.05) is 6.92 Å². The first-order valence-corrected chi connectivity index (χ1v) is 9.33. The van der Waals surface area contributed by atoms with E-state index in [0.717, 1.165) is 22.0 Å². The summed E-state index contributed by atoms with van der Waals surface area (Å²) in [6.45, 7) is 3.89. The van der Waals surface area contributed by atoms with E-state index >= 15 is 0 Å². The van der Waals surface area contributed by atoms with Crippen molar-refractivity contribution in [2.75, 3.05) is 6.61 Å². The number of benzene rings is 1. The van der Waals surface area contributed by atoms with Crippen molar-refractivity contribution in [1.82, 2.24) is 14.9 Å². The van der Waals surface area contributed by atoms with Crippen LogP contribution >= 0.6 is 39.3 Å². The number of nitrogens with zero attached hydrogens (tertiary/aromatic N) is 4. The highest BCUT2D eigenvalue weighted by Gasteiger charge is 2.37. The molecular weight excluding hydrogens is 454 g/mol. The Bertz CT molecular complexity index is 927. The highest BCUT2D eigenvalue weighted by Crippen LogP contribution is 2.39. The Balaban J connectivity index is 2.01. The first-order chi connectivity index (χ1) is 12.2. The van der Waals surface area contributed by atoms with E-state index in [9.17, 15) is 13.9 Å². The Hall–Kier alpha value is -1.65. The lowest BCUT2D eigenvalue weighted by Gasteiger charge is -2.16. The number of fused-ring (bicyclic) bond motifs is 1. The third-order valence-corrected chi connectivity index (χ3v) is 5.26. The maximum absolute atomic E-state index is 13.4. The molecule has 0 radical (unpaired) electrons. The molecule has 1 aliphatic heterocycles. The van der Waals surface area contributed by atoms with Gasteiger partial charge in [-0.3, -0.25) is 0 Å². The van der Waals surface area contributed by atoms with Crippen LogP contribution in [0.5, 0.6) is 11.5 Å². The molecule has 0 amide bonds. The van der Waals surface area contributed by atoms with Gasteiger partial charge in [-0.05, 0) is 61.0 Å². The molecule has 1 aromatic heterocycles. The Morgan fingerprint density at radius 1 is 1.42 bits per heavy atom. The molecule has 2 heterocycles. The van der Waals surface area contributed by atoms with E-state index in [0.29, 0.717) is 27.4 Å².